The Bertz CT molecular complexity index is 1240. The second-order valence-corrected chi connectivity index (χ2v) is 16.4. The van der Waals surface area contributed by atoms with Crippen LogP contribution in [-0.4, -0.2) is 75.5 Å². The second kappa shape index (κ2) is 41.3. The van der Waals surface area contributed by atoms with Gasteiger partial charge in [-0.2, -0.15) is 0 Å². The summed E-state index contributed by atoms with van der Waals surface area (Å²) in [7, 11) is 5.39. The van der Waals surface area contributed by atoms with E-state index in [0.717, 1.165) is 57.8 Å². The number of carboxylic acids is 1. The Morgan fingerprint density at radius 1 is 0.525 bits per heavy atom. The van der Waals surface area contributed by atoms with Gasteiger partial charge in [-0.15, -0.1) is 0 Å². The number of hydrogen-bond donors (Lipinski definition) is 0. The van der Waals surface area contributed by atoms with Crippen molar-refractivity contribution in [1.29, 1.82) is 0 Å². The van der Waals surface area contributed by atoms with Gasteiger partial charge in [0.25, 0.3) is 0 Å². The van der Waals surface area contributed by atoms with Crippen LogP contribution in [0.15, 0.2) is 85.1 Å². The molecule has 0 rings (SSSR count). The van der Waals surface area contributed by atoms with Gasteiger partial charge in [0.1, 0.15) is 12.6 Å². The molecule has 8 heteroatoms. The largest absolute Gasteiger partial charge is 0.544 e. The Labute approximate surface area is 361 Å². The van der Waals surface area contributed by atoms with Gasteiger partial charge >= 0.3 is 11.9 Å². The molecule has 2 unspecified atom stereocenters. The summed E-state index contributed by atoms with van der Waals surface area (Å²) in [6.07, 6.45) is 53.2. The third-order valence-corrected chi connectivity index (χ3v) is 9.92. The van der Waals surface area contributed by atoms with E-state index in [1.54, 1.807) is 21.1 Å². The molecule has 0 saturated heterocycles. The lowest BCUT2D eigenvalue weighted by Crippen LogP contribution is -2.55. The van der Waals surface area contributed by atoms with Crippen LogP contribution in [-0.2, 0) is 28.6 Å². The van der Waals surface area contributed by atoms with Crippen molar-refractivity contribution in [3.63, 3.8) is 0 Å². The van der Waals surface area contributed by atoms with Crippen LogP contribution in [0.2, 0.25) is 0 Å². The van der Waals surface area contributed by atoms with E-state index in [1.807, 2.05) is 48.6 Å². The average Bonchev–Trinajstić information content (AvgIpc) is 3.19. The summed E-state index contributed by atoms with van der Waals surface area (Å²) < 4.78 is 17.1. The molecule has 8 nitrogen and oxygen atoms in total. The summed E-state index contributed by atoms with van der Waals surface area (Å²) >= 11 is 0. The average molecular weight is 824 g/mol. The van der Waals surface area contributed by atoms with Crippen LogP contribution < -0.4 is 5.11 Å². The van der Waals surface area contributed by atoms with E-state index in [2.05, 4.69) is 50.3 Å². The molecule has 0 saturated carbocycles. The molecule has 2 atom stereocenters. The number of aliphatic carboxylic acids is 1. The van der Waals surface area contributed by atoms with Gasteiger partial charge in [-0.1, -0.05) is 176 Å². The zero-order chi connectivity index (χ0) is 43.5. The Kier molecular flexibility index (Phi) is 38.8. The molecule has 0 aliphatic carbocycles. The van der Waals surface area contributed by atoms with Crippen molar-refractivity contribution in [3.05, 3.63) is 85.1 Å². The molecule has 59 heavy (non-hydrogen) atoms. The number of esters is 2. The third kappa shape index (κ3) is 39.7. The topological polar surface area (TPSA) is 102 Å². The van der Waals surface area contributed by atoms with Gasteiger partial charge in [0.2, 0.25) is 0 Å². The minimum absolute atomic E-state index is 0.0206. The van der Waals surface area contributed by atoms with E-state index in [1.165, 1.54) is 77.0 Å². The molecular formula is C51H85NO7. The molecule has 0 aromatic rings. The van der Waals surface area contributed by atoms with Gasteiger partial charge in [-0.05, 0) is 57.8 Å². The number of carbonyl (C=O) groups excluding carboxylic acids is 3. The summed E-state index contributed by atoms with van der Waals surface area (Å²) in [5.41, 5.74) is 0. The first kappa shape index (κ1) is 55.5. The highest BCUT2D eigenvalue weighted by Crippen LogP contribution is 2.14. The van der Waals surface area contributed by atoms with Crippen LogP contribution >= 0.6 is 0 Å². The Hall–Kier alpha value is -3.49. The number of likely N-dealkylation sites (N-methyl/N-ethyl adjacent to an activating group) is 1. The Morgan fingerprint density at radius 3 is 1.44 bits per heavy atom. The fourth-order valence-electron chi connectivity index (χ4n) is 6.32. The first-order valence-electron chi connectivity index (χ1n) is 23.2. The van der Waals surface area contributed by atoms with Crippen molar-refractivity contribution in [3.8, 4) is 0 Å². The zero-order valence-electron chi connectivity index (χ0n) is 38.1. The minimum atomic E-state index is -1.14. The Morgan fingerprint density at radius 2 is 0.949 bits per heavy atom. The normalized spacial score (nSPS) is 13.7. The van der Waals surface area contributed by atoms with Gasteiger partial charge < -0.3 is 28.6 Å². The van der Waals surface area contributed by atoms with Crippen molar-refractivity contribution in [2.45, 2.75) is 180 Å². The lowest BCUT2D eigenvalue weighted by atomic mass is 10.1. The van der Waals surface area contributed by atoms with E-state index in [0.29, 0.717) is 12.8 Å². The molecule has 0 aromatic heterocycles. The van der Waals surface area contributed by atoms with Crippen molar-refractivity contribution in [2.75, 3.05) is 41.0 Å². The maximum atomic E-state index is 12.7. The minimum Gasteiger partial charge on any atom is -0.544 e. The fraction of sp³-hybridized carbons (Fsp3) is 0.667. The number of nitrogens with zero attached hydrogens (tertiary/aromatic N) is 1. The fourth-order valence-corrected chi connectivity index (χ4v) is 6.32. The number of ether oxygens (including phenoxy) is 3. The van der Waals surface area contributed by atoms with Crippen LogP contribution in [0.5, 0.6) is 0 Å². The standard InChI is InChI=1S/C51H85NO7/c1-6-8-10-12-14-16-18-20-22-23-24-25-26-28-30-32-34-36-38-40-42-50(54)59-47(45-57-44-43-48(51(55)56)52(3,4)5)46-58-49(53)41-39-37-35-33-31-29-27-21-19-17-15-13-11-9-7-2/h9,11,13,15-22,27,29,31,47-48H,6-8,10,12,14,23-26,28,30,32-46H2,1-5H3/b11-9+,15-13+,18-16+,19-17+,22-20+,27-21+,31-29+. The highest BCUT2D eigenvalue weighted by atomic mass is 16.6. The van der Waals surface area contributed by atoms with Gasteiger partial charge in [0.15, 0.2) is 6.10 Å². The predicted molar refractivity (Wildman–Crippen MR) is 245 cm³/mol. The van der Waals surface area contributed by atoms with Crippen molar-refractivity contribution >= 4 is 17.9 Å². The van der Waals surface area contributed by atoms with Crippen molar-refractivity contribution in [2.24, 2.45) is 0 Å². The molecule has 0 aromatic carbocycles. The van der Waals surface area contributed by atoms with E-state index in [9.17, 15) is 19.5 Å². The van der Waals surface area contributed by atoms with Crippen LogP contribution in [0.3, 0.4) is 0 Å². The predicted octanol–water partition coefficient (Wildman–Crippen LogP) is 11.6. The van der Waals surface area contributed by atoms with Gasteiger partial charge in [-0.3, -0.25) is 9.59 Å². The van der Waals surface area contributed by atoms with Crippen LogP contribution in [0, 0.1) is 0 Å². The molecule has 0 fully saturated rings. The number of allylic oxidation sites excluding steroid dienone is 14. The number of rotatable bonds is 40. The number of unbranched alkanes of at least 4 members (excludes halogenated alkanes) is 17. The molecule has 0 radical (unpaired) electrons. The molecule has 0 aliphatic rings. The smallest absolute Gasteiger partial charge is 0.306 e. The molecule has 0 bridgehead atoms. The lowest BCUT2D eigenvalue weighted by molar-refractivity contribution is -0.889. The highest BCUT2D eigenvalue weighted by Gasteiger charge is 2.25. The second-order valence-electron chi connectivity index (χ2n) is 16.4. The van der Waals surface area contributed by atoms with Gasteiger partial charge in [0.05, 0.1) is 40.3 Å². The van der Waals surface area contributed by atoms with Crippen molar-refractivity contribution in [1.82, 2.24) is 0 Å². The summed E-state index contributed by atoms with van der Waals surface area (Å²) in [4.78, 5) is 36.9. The van der Waals surface area contributed by atoms with Crippen molar-refractivity contribution < 1.29 is 38.2 Å². The molecule has 0 N–H and O–H groups in total. The number of hydrogen-bond acceptors (Lipinski definition) is 7. The van der Waals surface area contributed by atoms with Gasteiger partial charge in [-0.25, -0.2) is 0 Å². The quantitative estimate of drug-likeness (QED) is 0.0262. The van der Waals surface area contributed by atoms with E-state index >= 15 is 0 Å². The van der Waals surface area contributed by atoms with Crippen LogP contribution in [0.4, 0.5) is 0 Å². The zero-order valence-corrected chi connectivity index (χ0v) is 38.1. The SMILES string of the molecule is CC/C=C/C=C/C=C/C=C/C=C/CCCCCC(=O)OCC(COCCC(C(=O)[O-])[N+](C)(C)C)OC(=O)CCCCCCCCCCCC/C=C/C=C/CCCCCC. The summed E-state index contributed by atoms with van der Waals surface area (Å²) in [6.45, 7) is 4.44. The number of quaternary nitrogens is 1. The molecule has 0 aliphatic heterocycles. The summed E-state index contributed by atoms with van der Waals surface area (Å²) in [5.74, 6) is -1.80. The summed E-state index contributed by atoms with van der Waals surface area (Å²) in [5, 5.41) is 11.6. The Balaban J connectivity index is 4.38. The third-order valence-electron chi connectivity index (χ3n) is 9.92. The number of carbonyl (C=O) groups is 3. The number of carboxylic acid groups (broad SMARTS) is 1. The molecule has 336 valence electrons. The van der Waals surface area contributed by atoms with E-state index in [4.69, 9.17) is 14.2 Å². The summed E-state index contributed by atoms with van der Waals surface area (Å²) in [6, 6.07) is -0.738. The maximum Gasteiger partial charge on any atom is 0.306 e. The van der Waals surface area contributed by atoms with Crippen LogP contribution in [0.25, 0.3) is 0 Å². The highest BCUT2D eigenvalue weighted by molar-refractivity contribution is 5.70. The maximum absolute atomic E-state index is 12.7. The van der Waals surface area contributed by atoms with E-state index in [-0.39, 0.29) is 42.7 Å². The molecular weight excluding hydrogens is 739 g/mol. The van der Waals surface area contributed by atoms with Crippen LogP contribution in [0.1, 0.15) is 168 Å². The first-order chi connectivity index (χ1) is 28.6. The van der Waals surface area contributed by atoms with Gasteiger partial charge in [0, 0.05) is 19.3 Å². The first-order valence-corrected chi connectivity index (χ1v) is 23.2. The van der Waals surface area contributed by atoms with E-state index < -0.39 is 18.1 Å². The molecule has 0 spiro atoms. The lowest BCUT2D eigenvalue weighted by Gasteiger charge is -2.34. The molecule has 0 amide bonds. The molecule has 0 heterocycles. The monoisotopic (exact) mass is 824 g/mol.